The zero-order valence-corrected chi connectivity index (χ0v) is 13.3. The van der Waals surface area contributed by atoms with Gasteiger partial charge < -0.3 is 15.5 Å². The molecule has 2 fully saturated rings. The molecule has 0 saturated heterocycles. The molecule has 4 nitrogen and oxygen atoms in total. The molecular weight excluding hydrogens is 266 g/mol. The fraction of sp³-hybridized carbons (Fsp3) is 0.941. The summed E-state index contributed by atoms with van der Waals surface area (Å²) >= 11 is 0. The number of aliphatic hydroxyl groups is 1. The van der Waals surface area contributed by atoms with E-state index in [0.29, 0.717) is 38.3 Å². The number of rotatable bonds is 5. The molecule has 1 atom stereocenters. The van der Waals surface area contributed by atoms with Crippen molar-refractivity contribution in [1.82, 2.24) is 5.32 Å². The van der Waals surface area contributed by atoms with Crippen LogP contribution in [0.1, 0.15) is 71.1 Å². The molecule has 0 radical (unpaired) electrons. The number of carbonyl (C=O) groups is 1. The van der Waals surface area contributed by atoms with Crippen LogP contribution in [0.3, 0.4) is 0 Å². The van der Waals surface area contributed by atoms with E-state index in [1.165, 1.54) is 38.5 Å². The molecule has 0 aromatic rings. The Morgan fingerprint density at radius 3 is 2.24 bits per heavy atom. The van der Waals surface area contributed by atoms with Crippen LogP contribution in [0.5, 0.6) is 0 Å². The highest BCUT2D eigenvalue weighted by Crippen LogP contribution is 2.32. The third-order valence-electron chi connectivity index (χ3n) is 5.63. The van der Waals surface area contributed by atoms with E-state index >= 15 is 0 Å². The molecule has 0 unspecified atom stereocenters. The van der Waals surface area contributed by atoms with Crippen molar-refractivity contribution in [2.45, 2.75) is 82.8 Å². The first-order valence-electron chi connectivity index (χ1n) is 8.69. The van der Waals surface area contributed by atoms with E-state index < -0.39 is 11.6 Å². The maximum Gasteiger partial charge on any atom is 0.306 e. The third-order valence-corrected chi connectivity index (χ3v) is 5.63. The molecule has 0 heterocycles. The van der Waals surface area contributed by atoms with Crippen LogP contribution in [0.2, 0.25) is 0 Å². The minimum Gasteiger partial charge on any atom is -0.481 e. The zero-order valence-electron chi connectivity index (χ0n) is 13.3. The van der Waals surface area contributed by atoms with Crippen LogP contribution in [-0.2, 0) is 4.79 Å². The molecule has 0 bridgehead atoms. The van der Waals surface area contributed by atoms with Gasteiger partial charge in [0.1, 0.15) is 0 Å². The van der Waals surface area contributed by atoms with Gasteiger partial charge in [0.25, 0.3) is 0 Å². The van der Waals surface area contributed by atoms with Crippen molar-refractivity contribution >= 4 is 5.97 Å². The van der Waals surface area contributed by atoms with Crippen LogP contribution in [0, 0.1) is 11.8 Å². The van der Waals surface area contributed by atoms with Gasteiger partial charge in [-0.2, -0.15) is 0 Å². The largest absolute Gasteiger partial charge is 0.481 e. The Bertz CT molecular complexity index is 329. The van der Waals surface area contributed by atoms with Gasteiger partial charge in [-0.25, -0.2) is 0 Å². The first-order chi connectivity index (χ1) is 10.0. The topological polar surface area (TPSA) is 69.6 Å². The highest BCUT2D eigenvalue weighted by atomic mass is 16.4. The third kappa shape index (κ3) is 4.96. The van der Waals surface area contributed by atoms with Crippen molar-refractivity contribution in [1.29, 1.82) is 0 Å². The van der Waals surface area contributed by atoms with Crippen molar-refractivity contribution in [3.8, 4) is 0 Å². The van der Waals surface area contributed by atoms with Gasteiger partial charge in [0.15, 0.2) is 0 Å². The number of carboxylic acid groups (broad SMARTS) is 1. The van der Waals surface area contributed by atoms with Crippen LogP contribution in [-0.4, -0.2) is 34.4 Å². The van der Waals surface area contributed by atoms with E-state index in [1.54, 1.807) is 0 Å². The Balaban J connectivity index is 1.75. The van der Waals surface area contributed by atoms with Gasteiger partial charge in [-0.3, -0.25) is 4.79 Å². The van der Waals surface area contributed by atoms with E-state index in [4.69, 9.17) is 5.11 Å². The standard InChI is InChI=1S/C17H31NO3/c1-13(14-6-4-2-3-5-7-14)18-12-17(21)10-8-15(9-11-17)16(19)20/h13-15,18,21H,2-12H2,1H3,(H,19,20)/t13-,15?,17?/m0/s1. The lowest BCUT2D eigenvalue weighted by molar-refractivity contribution is -0.144. The fourth-order valence-electron chi connectivity index (χ4n) is 3.91. The summed E-state index contributed by atoms with van der Waals surface area (Å²) in [5, 5.41) is 23.2. The van der Waals surface area contributed by atoms with Crippen LogP contribution in [0.15, 0.2) is 0 Å². The normalized spacial score (nSPS) is 33.3. The van der Waals surface area contributed by atoms with Gasteiger partial charge in [-0.1, -0.05) is 25.7 Å². The number of nitrogens with one attached hydrogen (secondary N) is 1. The summed E-state index contributed by atoms with van der Waals surface area (Å²) in [6.07, 6.45) is 10.4. The lowest BCUT2D eigenvalue weighted by atomic mass is 9.78. The minimum absolute atomic E-state index is 0.260. The summed E-state index contributed by atoms with van der Waals surface area (Å²) in [5.41, 5.74) is -0.703. The van der Waals surface area contributed by atoms with Crippen molar-refractivity contribution < 1.29 is 15.0 Å². The van der Waals surface area contributed by atoms with Crippen molar-refractivity contribution in [3.63, 3.8) is 0 Å². The minimum atomic E-state index is -0.711. The number of hydrogen-bond donors (Lipinski definition) is 3. The first kappa shape index (κ1) is 16.8. The van der Waals surface area contributed by atoms with Gasteiger partial charge in [0, 0.05) is 12.6 Å². The van der Waals surface area contributed by atoms with Gasteiger partial charge in [-0.15, -0.1) is 0 Å². The Morgan fingerprint density at radius 1 is 1.14 bits per heavy atom. The zero-order chi connectivity index (χ0) is 15.3. The van der Waals surface area contributed by atoms with E-state index in [1.807, 2.05) is 0 Å². The maximum absolute atomic E-state index is 11.0. The summed E-state index contributed by atoms with van der Waals surface area (Å²) in [4.78, 5) is 11.0. The quantitative estimate of drug-likeness (QED) is 0.682. The second-order valence-electron chi connectivity index (χ2n) is 7.26. The molecule has 3 N–H and O–H groups in total. The molecule has 2 rings (SSSR count). The molecular formula is C17H31NO3. The average molecular weight is 297 g/mol. The molecule has 0 amide bonds. The molecule has 122 valence electrons. The molecule has 0 aromatic heterocycles. The second-order valence-corrected chi connectivity index (χ2v) is 7.26. The number of carboxylic acids is 1. The monoisotopic (exact) mass is 297 g/mol. The highest BCUT2D eigenvalue weighted by molar-refractivity contribution is 5.70. The van der Waals surface area contributed by atoms with Crippen LogP contribution >= 0.6 is 0 Å². The highest BCUT2D eigenvalue weighted by Gasteiger charge is 2.36. The summed E-state index contributed by atoms with van der Waals surface area (Å²) in [7, 11) is 0. The van der Waals surface area contributed by atoms with Crippen LogP contribution in [0.25, 0.3) is 0 Å². The summed E-state index contributed by atoms with van der Waals surface area (Å²) in [6.45, 7) is 2.85. The smallest absolute Gasteiger partial charge is 0.306 e. The summed E-state index contributed by atoms with van der Waals surface area (Å²) in [6, 6.07) is 0.448. The molecule has 0 spiro atoms. The summed E-state index contributed by atoms with van der Waals surface area (Å²) in [5.74, 6) is -0.243. The van der Waals surface area contributed by atoms with Crippen LogP contribution in [0.4, 0.5) is 0 Å². The van der Waals surface area contributed by atoms with E-state index in [9.17, 15) is 9.90 Å². The molecule has 2 aliphatic carbocycles. The van der Waals surface area contributed by atoms with Gasteiger partial charge in [0.05, 0.1) is 11.5 Å². The van der Waals surface area contributed by atoms with E-state index in [0.717, 1.165) is 5.92 Å². The number of aliphatic carboxylic acids is 1. The molecule has 0 aromatic carbocycles. The lowest BCUT2D eigenvalue weighted by Crippen LogP contribution is -2.48. The average Bonchev–Trinajstić information content (AvgIpc) is 2.74. The van der Waals surface area contributed by atoms with E-state index in [2.05, 4.69) is 12.2 Å². The first-order valence-corrected chi connectivity index (χ1v) is 8.69. The van der Waals surface area contributed by atoms with Crippen molar-refractivity contribution in [3.05, 3.63) is 0 Å². The van der Waals surface area contributed by atoms with E-state index in [-0.39, 0.29) is 5.92 Å². The Kier molecular flexibility index (Phi) is 6.06. The maximum atomic E-state index is 11.0. The Labute approximate surface area is 128 Å². The Morgan fingerprint density at radius 2 is 1.71 bits per heavy atom. The molecule has 4 heteroatoms. The Hall–Kier alpha value is -0.610. The van der Waals surface area contributed by atoms with Crippen molar-refractivity contribution in [2.24, 2.45) is 11.8 Å². The number of hydrogen-bond acceptors (Lipinski definition) is 3. The SMILES string of the molecule is C[C@H](NCC1(O)CCC(C(=O)O)CC1)C1CCCCCC1. The van der Waals surface area contributed by atoms with Gasteiger partial charge >= 0.3 is 5.97 Å². The molecule has 0 aliphatic heterocycles. The van der Waals surface area contributed by atoms with Crippen LogP contribution < -0.4 is 5.32 Å². The lowest BCUT2D eigenvalue weighted by Gasteiger charge is -2.36. The predicted molar refractivity (Wildman–Crippen MR) is 83.2 cm³/mol. The second kappa shape index (κ2) is 7.59. The summed E-state index contributed by atoms with van der Waals surface area (Å²) < 4.78 is 0. The van der Waals surface area contributed by atoms with Gasteiger partial charge in [0.2, 0.25) is 0 Å². The fourth-order valence-corrected chi connectivity index (χ4v) is 3.91. The van der Waals surface area contributed by atoms with Gasteiger partial charge in [-0.05, 0) is 51.4 Å². The predicted octanol–water partition coefficient (Wildman–Crippen LogP) is 2.94. The van der Waals surface area contributed by atoms with Crippen molar-refractivity contribution in [2.75, 3.05) is 6.54 Å². The molecule has 2 aliphatic rings. The molecule has 2 saturated carbocycles. The molecule has 21 heavy (non-hydrogen) atoms.